The van der Waals surface area contributed by atoms with Gasteiger partial charge in [-0.1, -0.05) is 36.4 Å². The zero-order valence-electron chi connectivity index (χ0n) is 17.8. The Kier molecular flexibility index (Phi) is 6.08. The molecule has 0 N–H and O–H groups in total. The first kappa shape index (κ1) is 21.2. The molecule has 1 aliphatic heterocycles. The third kappa shape index (κ3) is 3.50. The van der Waals surface area contributed by atoms with Crippen LogP contribution in [0, 0.1) is 0 Å². The van der Waals surface area contributed by atoms with Gasteiger partial charge in [-0.25, -0.2) is 4.79 Å². The number of nitrogens with zero attached hydrogens (tertiary/aromatic N) is 3. The fourth-order valence-electron chi connectivity index (χ4n) is 5.73. The predicted octanol–water partition coefficient (Wildman–Crippen LogP) is 4.61. The van der Waals surface area contributed by atoms with Crippen LogP contribution >= 0.6 is 12.4 Å². The molecule has 5 rings (SSSR count). The second kappa shape index (κ2) is 8.60. The average Bonchev–Trinajstić information content (AvgIpc) is 3.25. The second-order valence-corrected chi connectivity index (χ2v) is 8.80. The van der Waals surface area contributed by atoms with Gasteiger partial charge in [-0.2, -0.15) is 0 Å². The van der Waals surface area contributed by atoms with E-state index < -0.39 is 0 Å². The van der Waals surface area contributed by atoms with Gasteiger partial charge in [0, 0.05) is 13.1 Å². The van der Waals surface area contributed by atoms with Crippen LogP contribution in [0.25, 0.3) is 11.0 Å². The van der Waals surface area contributed by atoms with E-state index in [2.05, 4.69) is 41.3 Å². The van der Waals surface area contributed by atoms with Crippen LogP contribution in [-0.4, -0.2) is 33.7 Å². The first-order valence-electron chi connectivity index (χ1n) is 11.2. The molecule has 3 aromatic rings. The van der Waals surface area contributed by atoms with E-state index >= 15 is 0 Å². The highest BCUT2D eigenvalue weighted by Gasteiger charge is 2.40. The van der Waals surface area contributed by atoms with Crippen molar-refractivity contribution in [3.63, 3.8) is 0 Å². The molecule has 0 bridgehead atoms. The van der Waals surface area contributed by atoms with E-state index in [-0.39, 0.29) is 18.1 Å². The lowest BCUT2D eigenvalue weighted by molar-refractivity contribution is 0.155. The number of benzene rings is 2. The number of likely N-dealkylation sites (tertiary alicyclic amines) is 1. The van der Waals surface area contributed by atoms with E-state index in [1.807, 2.05) is 28.2 Å². The maximum Gasteiger partial charge on any atom is 0.329 e. The molecule has 0 amide bonds. The van der Waals surface area contributed by atoms with Gasteiger partial charge in [-0.3, -0.25) is 9.13 Å². The third-order valence-corrected chi connectivity index (χ3v) is 7.37. The van der Waals surface area contributed by atoms with Crippen LogP contribution in [0.3, 0.4) is 0 Å². The fourth-order valence-corrected chi connectivity index (χ4v) is 5.73. The summed E-state index contributed by atoms with van der Waals surface area (Å²) in [5.74, 6) is 0. The number of aromatic nitrogens is 2. The number of hydrogen-bond acceptors (Lipinski definition) is 2. The van der Waals surface area contributed by atoms with Crippen LogP contribution in [0.5, 0.6) is 0 Å². The maximum absolute atomic E-state index is 12.8. The molecule has 1 fully saturated rings. The molecule has 0 radical (unpaired) electrons. The monoisotopic (exact) mass is 425 g/mol. The molecule has 0 unspecified atom stereocenters. The van der Waals surface area contributed by atoms with Crippen molar-refractivity contribution in [2.75, 3.05) is 19.6 Å². The first-order valence-corrected chi connectivity index (χ1v) is 11.2. The number of aryl methyl sites for hydroxylation is 3. The highest BCUT2D eigenvalue weighted by molar-refractivity contribution is 5.85. The molecule has 5 heteroatoms. The number of fused-ring (bicyclic) bond motifs is 3. The van der Waals surface area contributed by atoms with Gasteiger partial charge in [-0.05, 0) is 87.3 Å². The van der Waals surface area contributed by atoms with Gasteiger partial charge < -0.3 is 4.90 Å². The predicted molar refractivity (Wildman–Crippen MR) is 126 cm³/mol. The van der Waals surface area contributed by atoms with Crippen molar-refractivity contribution >= 4 is 23.4 Å². The van der Waals surface area contributed by atoms with E-state index in [1.165, 1.54) is 38.8 Å². The fraction of sp³-hybridized carbons (Fsp3) is 0.480. The van der Waals surface area contributed by atoms with Crippen molar-refractivity contribution in [3.05, 3.63) is 70.1 Å². The van der Waals surface area contributed by atoms with Gasteiger partial charge in [-0.15, -0.1) is 12.4 Å². The summed E-state index contributed by atoms with van der Waals surface area (Å²) in [7, 11) is 0. The Balaban J connectivity index is 0.00000218. The summed E-state index contributed by atoms with van der Waals surface area (Å²) in [6.45, 7) is 7.01. The van der Waals surface area contributed by atoms with Gasteiger partial charge >= 0.3 is 5.69 Å². The molecule has 2 aliphatic rings. The zero-order valence-corrected chi connectivity index (χ0v) is 18.7. The Labute approximate surface area is 184 Å². The second-order valence-electron chi connectivity index (χ2n) is 8.80. The number of halogens is 1. The smallest absolute Gasteiger partial charge is 0.303 e. The molecular formula is C25H32ClN3O. The minimum Gasteiger partial charge on any atom is -0.303 e. The molecule has 1 spiro atoms. The summed E-state index contributed by atoms with van der Waals surface area (Å²) in [6, 6.07) is 17.3. The summed E-state index contributed by atoms with van der Waals surface area (Å²) in [6.07, 6.45) is 6.16. The van der Waals surface area contributed by atoms with Crippen molar-refractivity contribution in [1.82, 2.24) is 14.0 Å². The van der Waals surface area contributed by atoms with Gasteiger partial charge in [0.2, 0.25) is 0 Å². The van der Waals surface area contributed by atoms with Crippen molar-refractivity contribution < 1.29 is 0 Å². The van der Waals surface area contributed by atoms with E-state index in [4.69, 9.17) is 0 Å². The topological polar surface area (TPSA) is 30.2 Å². The quantitative estimate of drug-likeness (QED) is 0.597. The highest BCUT2D eigenvalue weighted by atomic mass is 35.5. The lowest BCUT2D eigenvalue weighted by Crippen LogP contribution is -2.42. The summed E-state index contributed by atoms with van der Waals surface area (Å²) in [4.78, 5) is 15.4. The molecule has 1 aromatic heterocycles. The van der Waals surface area contributed by atoms with Crippen molar-refractivity contribution in [3.8, 4) is 0 Å². The van der Waals surface area contributed by atoms with Crippen LogP contribution in [0.2, 0.25) is 0 Å². The number of piperidine rings is 1. The molecule has 1 saturated heterocycles. The molecule has 160 valence electrons. The lowest BCUT2D eigenvalue weighted by Gasteiger charge is -2.40. The van der Waals surface area contributed by atoms with Crippen molar-refractivity contribution in [2.45, 2.75) is 57.5 Å². The van der Waals surface area contributed by atoms with Crippen molar-refractivity contribution in [1.29, 1.82) is 0 Å². The minimum atomic E-state index is 0. The van der Waals surface area contributed by atoms with Gasteiger partial charge in [0.05, 0.1) is 11.0 Å². The van der Waals surface area contributed by atoms with Gasteiger partial charge in [0.25, 0.3) is 0 Å². The van der Waals surface area contributed by atoms with E-state index in [1.54, 1.807) is 11.1 Å². The molecule has 2 heterocycles. The highest BCUT2D eigenvalue weighted by Crippen LogP contribution is 2.46. The van der Waals surface area contributed by atoms with E-state index in [0.717, 1.165) is 37.1 Å². The van der Waals surface area contributed by atoms with Crippen LogP contribution in [0.15, 0.2) is 53.3 Å². The molecular weight excluding hydrogens is 394 g/mol. The van der Waals surface area contributed by atoms with Crippen LogP contribution < -0.4 is 5.69 Å². The Hall–Kier alpha value is -2.04. The van der Waals surface area contributed by atoms with Crippen molar-refractivity contribution in [2.24, 2.45) is 0 Å². The largest absolute Gasteiger partial charge is 0.329 e. The Morgan fingerprint density at radius 1 is 0.867 bits per heavy atom. The SMILES string of the molecule is CCn1c(=O)n(CCCN2CCC3(CCc4ccccc43)CC2)c2ccccc21.Cl. The van der Waals surface area contributed by atoms with E-state index in [0.29, 0.717) is 5.41 Å². The number of para-hydroxylation sites is 2. The zero-order chi connectivity index (χ0) is 19.8. The van der Waals surface area contributed by atoms with Crippen LogP contribution in [0.1, 0.15) is 43.7 Å². The standard InChI is InChI=1S/C25H31N3O.ClH/c1-2-27-22-10-5-6-11-23(22)28(24(27)29)17-7-16-26-18-14-25(15-19-26)13-12-20-8-3-4-9-21(20)25;/h3-6,8-11H,2,7,12-19H2,1H3;1H. The Bertz CT molecular complexity index is 1080. The van der Waals surface area contributed by atoms with E-state index in [9.17, 15) is 4.79 Å². The minimum absolute atomic E-state index is 0. The normalized spacial score (nSPS) is 17.9. The summed E-state index contributed by atoms with van der Waals surface area (Å²) in [5.41, 5.74) is 5.89. The third-order valence-electron chi connectivity index (χ3n) is 7.37. The molecule has 2 aromatic carbocycles. The molecule has 30 heavy (non-hydrogen) atoms. The summed E-state index contributed by atoms with van der Waals surface area (Å²) in [5, 5.41) is 0. The Morgan fingerprint density at radius 3 is 2.27 bits per heavy atom. The molecule has 0 saturated carbocycles. The average molecular weight is 426 g/mol. The molecule has 1 aliphatic carbocycles. The van der Waals surface area contributed by atoms with Crippen LogP contribution in [-0.2, 0) is 24.9 Å². The maximum atomic E-state index is 12.8. The van der Waals surface area contributed by atoms with Gasteiger partial charge in [0.15, 0.2) is 0 Å². The lowest BCUT2D eigenvalue weighted by atomic mass is 9.74. The summed E-state index contributed by atoms with van der Waals surface area (Å²) >= 11 is 0. The summed E-state index contributed by atoms with van der Waals surface area (Å²) < 4.78 is 3.86. The number of rotatable bonds is 5. The first-order chi connectivity index (χ1) is 14.2. The van der Waals surface area contributed by atoms with Crippen LogP contribution in [0.4, 0.5) is 0 Å². The Morgan fingerprint density at radius 2 is 1.53 bits per heavy atom. The number of imidazole rings is 1. The molecule has 4 nitrogen and oxygen atoms in total. The molecule has 0 atom stereocenters. The number of hydrogen-bond donors (Lipinski definition) is 0. The van der Waals surface area contributed by atoms with Gasteiger partial charge in [0.1, 0.15) is 0 Å².